The second-order valence-corrected chi connectivity index (χ2v) is 7.63. The van der Waals surface area contributed by atoms with Gasteiger partial charge in [-0.3, -0.25) is 0 Å². The van der Waals surface area contributed by atoms with E-state index in [9.17, 15) is 12.8 Å². The lowest BCUT2D eigenvalue weighted by Crippen LogP contribution is -2.35. The van der Waals surface area contributed by atoms with Gasteiger partial charge in [0.15, 0.2) is 0 Å². The standard InChI is InChI=1S/C17H16FN3O3S/c18-12-6-7-16-15(8-12)20-17-11-24-10-13(21(16)17)9-19-25(22,23)14-4-2-1-3-5-14/h1-8,13,19H,9-11H2. The maximum Gasteiger partial charge on any atom is 0.240 e. The van der Waals surface area contributed by atoms with E-state index in [1.165, 1.54) is 12.1 Å². The van der Waals surface area contributed by atoms with Gasteiger partial charge in [0.1, 0.15) is 18.2 Å². The molecule has 0 fully saturated rings. The van der Waals surface area contributed by atoms with E-state index in [0.717, 1.165) is 5.52 Å². The lowest BCUT2D eigenvalue weighted by Gasteiger charge is -2.26. The fourth-order valence-corrected chi connectivity index (χ4v) is 4.12. The summed E-state index contributed by atoms with van der Waals surface area (Å²) in [5, 5.41) is 0. The number of sulfonamides is 1. The van der Waals surface area contributed by atoms with Crippen LogP contribution >= 0.6 is 0 Å². The molecule has 130 valence electrons. The van der Waals surface area contributed by atoms with Gasteiger partial charge in [0, 0.05) is 12.6 Å². The Labute approximate surface area is 144 Å². The van der Waals surface area contributed by atoms with Crippen LogP contribution in [0.2, 0.25) is 0 Å². The molecule has 0 bridgehead atoms. The van der Waals surface area contributed by atoms with E-state index in [1.54, 1.807) is 36.4 Å². The first-order valence-corrected chi connectivity index (χ1v) is 9.32. The Kier molecular flexibility index (Phi) is 4.03. The Hall–Kier alpha value is -2.29. The molecule has 1 aromatic heterocycles. The van der Waals surface area contributed by atoms with Crippen molar-refractivity contribution in [2.75, 3.05) is 13.2 Å². The summed E-state index contributed by atoms with van der Waals surface area (Å²) in [6.45, 7) is 0.832. The maximum atomic E-state index is 13.4. The predicted molar refractivity (Wildman–Crippen MR) is 90.0 cm³/mol. The van der Waals surface area contributed by atoms with E-state index in [4.69, 9.17) is 4.74 Å². The van der Waals surface area contributed by atoms with Crippen molar-refractivity contribution in [1.82, 2.24) is 14.3 Å². The summed E-state index contributed by atoms with van der Waals surface area (Å²) < 4.78 is 48.3. The summed E-state index contributed by atoms with van der Waals surface area (Å²) in [5.74, 6) is 0.306. The van der Waals surface area contributed by atoms with Gasteiger partial charge in [-0.25, -0.2) is 22.5 Å². The molecular formula is C17H16FN3O3S. The molecule has 25 heavy (non-hydrogen) atoms. The molecular weight excluding hydrogens is 345 g/mol. The first kappa shape index (κ1) is 16.2. The molecule has 0 amide bonds. The number of aromatic nitrogens is 2. The Morgan fingerprint density at radius 2 is 2.04 bits per heavy atom. The predicted octanol–water partition coefficient (Wildman–Crippen LogP) is 2.23. The summed E-state index contributed by atoms with van der Waals surface area (Å²) in [5.41, 5.74) is 1.31. The van der Waals surface area contributed by atoms with Gasteiger partial charge < -0.3 is 9.30 Å². The van der Waals surface area contributed by atoms with Crippen molar-refractivity contribution in [3.63, 3.8) is 0 Å². The van der Waals surface area contributed by atoms with Crippen molar-refractivity contribution < 1.29 is 17.5 Å². The van der Waals surface area contributed by atoms with Crippen LogP contribution in [0.3, 0.4) is 0 Å². The van der Waals surface area contributed by atoms with Crippen LogP contribution in [0.1, 0.15) is 11.9 Å². The highest BCUT2D eigenvalue weighted by atomic mass is 32.2. The van der Waals surface area contributed by atoms with Crippen LogP contribution in [0.4, 0.5) is 4.39 Å². The van der Waals surface area contributed by atoms with Crippen LogP contribution in [0, 0.1) is 5.82 Å². The van der Waals surface area contributed by atoms with Crippen molar-refractivity contribution in [3.05, 3.63) is 60.2 Å². The quantitative estimate of drug-likeness (QED) is 0.773. The van der Waals surface area contributed by atoms with Gasteiger partial charge in [0.2, 0.25) is 10.0 Å². The molecule has 1 unspecified atom stereocenters. The van der Waals surface area contributed by atoms with E-state index in [0.29, 0.717) is 24.6 Å². The monoisotopic (exact) mass is 361 g/mol. The zero-order valence-electron chi connectivity index (χ0n) is 13.2. The number of imidazole rings is 1. The number of ether oxygens (including phenoxy) is 1. The second kappa shape index (κ2) is 6.21. The maximum absolute atomic E-state index is 13.4. The topological polar surface area (TPSA) is 73.2 Å². The minimum atomic E-state index is -3.60. The number of nitrogens with zero attached hydrogens (tertiary/aromatic N) is 2. The fraction of sp³-hybridized carbons (Fsp3) is 0.235. The van der Waals surface area contributed by atoms with Crippen LogP contribution in [0.25, 0.3) is 11.0 Å². The second-order valence-electron chi connectivity index (χ2n) is 5.86. The SMILES string of the molecule is O=S(=O)(NCC1COCc2nc3cc(F)ccc3n21)c1ccccc1. The molecule has 3 aromatic rings. The van der Waals surface area contributed by atoms with Crippen molar-refractivity contribution in [2.45, 2.75) is 17.5 Å². The van der Waals surface area contributed by atoms with E-state index in [1.807, 2.05) is 4.57 Å². The molecule has 4 rings (SSSR count). The minimum Gasteiger partial charge on any atom is -0.371 e. The van der Waals surface area contributed by atoms with E-state index < -0.39 is 10.0 Å². The van der Waals surface area contributed by atoms with E-state index in [-0.39, 0.29) is 23.3 Å². The number of benzene rings is 2. The van der Waals surface area contributed by atoms with Gasteiger partial charge in [0.05, 0.1) is 28.6 Å². The number of halogens is 1. The van der Waals surface area contributed by atoms with Gasteiger partial charge in [0.25, 0.3) is 0 Å². The van der Waals surface area contributed by atoms with Crippen LogP contribution in [0.5, 0.6) is 0 Å². The molecule has 0 radical (unpaired) electrons. The molecule has 1 aliphatic heterocycles. The normalized spacial score (nSPS) is 17.6. The minimum absolute atomic E-state index is 0.160. The molecule has 1 atom stereocenters. The Morgan fingerprint density at radius 3 is 2.84 bits per heavy atom. The lowest BCUT2D eigenvalue weighted by atomic mass is 10.2. The van der Waals surface area contributed by atoms with E-state index in [2.05, 4.69) is 9.71 Å². The molecule has 0 saturated heterocycles. The molecule has 0 aliphatic carbocycles. The molecule has 8 heteroatoms. The van der Waals surface area contributed by atoms with Gasteiger partial charge in [-0.05, 0) is 24.3 Å². The largest absolute Gasteiger partial charge is 0.371 e. The summed E-state index contributed by atoms with van der Waals surface area (Å²) in [6.07, 6.45) is 0. The average Bonchev–Trinajstić information content (AvgIpc) is 2.98. The van der Waals surface area contributed by atoms with Crippen LogP contribution in [-0.4, -0.2) is 31.1 Å². The smallest absolute Gasteiger partial charge is 0.240 e. The molecule has 1 aliphatic rings. The number of rotatable bonds is 4. The van der Waals surface area contributed by atoms with Gasteiger partial charge in [-0.15, -0.1) is 0 Å². The Morgan fingerprint density at radius 1 is 1.24 bits per heavy atom. The van der Waals surface area contributed by atoms with Crippen LogP contribution < -0.4 is 4.72 Å². The highest BCUT2D eigenvalue weighted by Gasteiger charge is 2.26. The first-order valence-electron chi connectivity index (χ1n) is 7.83. The molecule has 0 spiro atoms. The summed E-state index contributed by atoms with van der Waals surface area (Å²) in [7, 11) is -3.60. The summed E-state index contributed by atoms with van der Waals surface area (Å²) >= 11 is 0. The van der Waals surface area contributed by atoms with Crippen molar-refractivity contribution in [2.24, 2.45) is 0 Å². The zero-order valence-corrected chi connectivity index (χ0v) is 14.0. The van der Waals surface area contributed by atoms with Crippen molar-refractivity contribution >= 4 is 21.1 Å². The number of hydrogen-bond donors (Lipinski definition) is 1. The number of nitrogens with one attached hydrogen (secondary N) is 1. The third-order valence-electron chi connectivity index (χ3n) is 4.19. The van der Waals surface area contributed by atoms with Gasteiger partial charge in [-0.2, -0.15) is 0 Å². The highest BCUT2D eigenvalue weighted by molar-refractivity contribution is 7.89. The molecule has 2 heterocycles. The molecule has 0 saturated carbocycles. The number of hydrogen-bond acceptors (Lipinski definition) is 4. The third-order valence-corrected chi connectivity index (χ3v) is 5.63. The van der Waals surface area contributed by atoms with Crippen LogP contribution in [0.15, 0.2) is 53.4 Å². The van der Waals surface area contributed by atoms with E-state index >= 15 is 0 Å². The summed E-state index contributed by atoms with van der Waals surface area (Å²) in [4.78, 5) is 4.60. The zero-order chi connectivity index (χ0) is 17.4. The van der Waals surface area contributed by atoms with Crippen molar-refractivity contribution in [3.8, 4) is 0 Å². The lowest BCUT2D eigenvalue weighted by molar-refractivity contribution is 0.0581. The van der Waals surface area contributed by atoms with Crippen LogP contribution in [-0.2, 0) is 21.4 Å². The highest BCUT2D eigenvalue weighted by Crippen LogP contribution is 2.26. The Bertz CT molecular complexity index is 1020. The fourth-order valence-electron chi connectivity index (χ4n) is 3.03. The first-order chi connectivity index (χ1) is 12.0. The van der Waals surface area contributed by atoms with Crippen molar-refractivity contribution in [1.29, 1.82) is 0 Å². The Balaban J connectivity index is 1.62. The molecule has 2 aromatic carbocycles. The molecule has 6 nitrogen and oxygen atoms in total. The number of fused-ring (bicyclic) bond motifs is 3. The third kappa shape index (κ3) is 3.04. The average molecular weight is 361 g/mol. The van der Waals surface area contributed by atoms with Gasteiger partial charge >= 0.3 is 0 Å². The summed E-state index contributed by atoms with van der Waals surface area (Å²) in [6, 6.07) is 12.3. The molecule has 1 N–H and O–H groups in total. The van der Waals surface area contributed by atoms with Gasteiger partial charge in [-0.1, -0.05) is 18.2 Å².